The summed E-state index contributed by atoms with van der Waals surface area (Å²) in [5.74, 6) is -1.13. The van der Waals surface area contributed by atoms with Gasteiger partial charge in [-0.3, -0.25) is 14.9 Å². The lowest BCUT2D eigenvalue weighted by molar-refractivity contribution is -0.122. The number of benzene rings is 2. The summed E-state index contributed by atoms with van der Waals surface area (Å²) >= 11 is 2.09. The molecule has 33 heavy (non-hydrogen) atoms. The van der Waals surface area contributed by atoms with E-state index in [9.17, 15) is 19.2 Å². The Hall–Kier alpha value is -3.41. The number of hydrogen-bond donors (Lipinski definition) is 1. The molecule has 0 saturated carbocycles. The highest BCUT2D eigenvalue weighted by Crippen LogP contribution is 2.35. The lowest BCUT2D eigenvalue weighted by Gasteiger charge is -2.26. The van der Waals surface area contributed by atoms with Crippen molar-refractivity contribution in [3.05, 3.63) is 56.7 Å². The number of barbiturate groups is 1. The molecule has 0 atom stereocenters. The monoisotopic (exact) mass is 564 g/mol. The Labute approximate surface area is 203 Å². The maximum atomic E-state index is 13.1. The van der Waals surface area contributed by atoms with Gasteiger partial charge in [0, 0.05) is 0 Å². The van der Waals surface area contributed by atoms with E-state index in [4.69, 9.17) is 9.47 Å². The number of rotatable bonds is 7. The van der Waals surface area contributed by atoms with E-state index >= 15 is 0 Å². The Morgan fingerprint density at radius 1 is 1.12 bits per heavy atom. The number of hydrogen-bond acceptors (Lipinski definition) is 7. The number of carbonyl (C=O) groups excluding carboxylic acids is 4. The fourth-order valence-corrected chi connectivity index (χ4v) is 3.87. The molecule has 1 N–H and O–H groups in total. The molecule has 0 radical (unpaired) electrons. The number of amides is 4. The van der Waals surface area contributed by atoms with Gasteiger partial charge in [-0.15, -0.1) is 0 Å². The van der Waals surface area contributed by atoms with E-state index in [1.165, 1.54) is 44.6 Å². The fraction of sp³-hybridized carbons (Fsp3) is 0.217. The highest BCUT2D eigenvalue weighted by molar-refractivity contribution is 14.1. The summed E-state index contributed by atoms with van der Waals surface area (Å²) in [6, 6.07) is 8.18. The standard InChI is InChI=1S/C23H21IN2O7/c1-4-9-33-19-17(24)11-13(12-18(19)31-2)10-16-20(27)25-23(30)26(21(16)28)15-7-5-14(6-8-15)22(29)32-3/h5-8,10-12H,4,9H2,1-3H3,(H,25,27,30)/b16-10+. The molecule has 9 nitrogen and oxygen atoms in total. The fourth-order valence-electron chi connectivity index (χ4n) is 3.09. The Bertz CT molecular complexity index is 1140. The molecule has 4 amide bonds. The van der Waals surface area contributed by atoms with E-state index in [2.05, 4.69) is 32.6 Å². The van der Waals surface area contributed by atoms with Crippen LogP contribution >= 0.6 is 22.6 Å². The lowest BCUT2D eigenvalue weighted by Crippen LogP contribution is -2.54. The molecule has 1 saturated heterocycles. The van der Waals surface area contributed by atoms with E-state index < -0.39 is 23.8 Å². The number of halogens is 1. The molecule has 1 aliphatic rings. The zero-order chi connectivity index (χ0) is 24.1. The zero-order valence-electron chi connectivity index (χ0n) is 18.1. The van der Waals surface area contributed by atoms with E-state index in [0.717, 1.165) is 14.9 Å². The van der Waals surface area contributed by atoms with Crippen LogP contribution in [-0.2, 0) is 14.3 Å². The maximum absolute atomic E-state index is 13.1. The minimum Gasteiger partial charge on any atom is -0.493 e. The summed E-state index contributed by atoms with van der Waals surface area (Å²) in [5.41, 5.74) is 0.740. The van der Waals surface area contributed by atoms with E-state index in [1.807, 2.05) is 6.92 Å². The van der Waals surface area contributed by atoms with Gasteiger partial charge in [-0.25, -0.2) is 14.5 Å². The highest BCUT2D eigenvalue weighted by Gasteiger charge is 2.37. The van der Waals surface area contributed by atoms with Crippen LogP contribution in [0.5, 0.6) is 11.5 Å². The highest BCUT2D eigenvalue weighted by atomic mass is 127. The zero-order valence-corrected chi connectivity index (χ0v) is 20.3. The third-order valence-electron chi connectivity index (χ3n) is 4.66. The molecule has 1 aliphatic heterocycles. The maximum Gasteiger partial charge on any atom is 0.337 e. The van der Waals surface area contributed by atoms with Crippen LogP contribution in [0.3, 0.4) is 0 Å². The van der Waals surface area contributed by atoms with Crippen molar-refractivity contribution in [2.75, 3.05) is 25.7 Å². The number of urea groups is 1. The van der Waals surface area contributed by atoms with Gasteiger partial charge in [0.05, 0.1) is 35.6 Å². The molecular formula is C23H21IN2O7. The smallest absolute Gasteiger partial charge is 0.337 e. The summed E-state index contributed by atoms with van der Waals surface area (Å²) in [7, 11) is 2.75. The predicted octanol–water partition coefficient (Wildman–Crippen LogP) is 3.54. The molecule has 2 aromatic rings. The van der Waals surface area contributed by atoms with Gasteiger partial charge in [-0.1, -0.05) is 6.92 Å². The molecule has 1 heterocycles. The second kappa shape index (κ2) is 10.5. The molecule has 0 aromatic heterocycles. The molecule has 1 fully saturated rings. The van der Waals surface area contributed by atoms with Gasteiger partial charge < -0.3 is 14.2 Å². The summed E-state index contributed by atoms with van der Waals surface area (Å²) in [4.78, 5) is 50.4. The summed E-state index contributed by atoms with van der Waals surface area (Å²) in [5, 5.41) is 2.17. The van der Waals surface area contributed by atoms with Crippen molar-refractivity contribution in [1.29, 1.82) is 0 Å². The molecular weight excluding hydrogens is 543 g/mol. The van der Waals surface area contributed by atoms with Gasteiger partial charge >= 0.3 is 12.0 Å². The number of carbonyl (C=O) groups is 4. The molecule has 0 bridgehead atoms. The van der Waals surface area contributed by atoms with Gasteiger partial charge in [0.2, 0.25) is 0 Å². The molecule has 3 rings (SSSR count). The number of imide groups is 2. The van der Waals surface area contributed by atoms with Gasteiger partial charge in [0.15, 0.2) is 11.5 Å². The Balaban J connectivity index is 1.97. The number of esters is 1. The normalized spacial score (nSPS) is 14.8. The largest absolute Gasteiger partial charge is 0.493 e. The van der Waals surface area contributed by atoms with Crippen LogP contribution in [0.25, 0.3) is 6.08 Å². The summed E-state index contributed by atoms with van der Waals surface area (Å²) in [6.07, 6.45) is 2.21. The third-order valence-corrected chi connectivity index (χ3v) is 5.46. The van der Waals surface area contributed by atoms with Crippen LogP contribution in [0.2, 0.25) is 0 Å². The van der Waals surface area contributed by atoms with Crippen LogP contribution in [0.15, 0.2) is 42.0 Å². The quantitative estimate of drug-likeness (QED) is 0.237. The minimum absolute atomic E-state index is 0.194. The van der Waals surface area contributed by atoms with Crippen molar-refractivity contribution in [3.63, 3.8) is 0 Å². The SMILES string of the molecule is CCCOc1c(I)cc(/C=C2\C(=O)NC(=O)N(c3ccc(C(=O)OC)cc3)C2=O)cc1OC. The number of nitrogens with one attached hydrogen (secondary N) is 1. The molecule has 10 heteroatoms. The summed E-state index contributed by atoms with van der Waals surface area (Å²) < 4.78 is 16.5. The van der Waals surface area contributed by atoms with E-state index in [1.54, 1.807) is 12.1 Å². The molecule has 172 valence electrons. The molecule has 0 spiro atoms. The van der Waals surface area contributed by atoms with Crippen LogP contribution in [-0.4, -0.2) is 44.6 Å². The van der Waals surface area contributed by atoms with Crippen molar-refractivity contribution in [2.24, 2.45) is 0 Å². The van der Waals surface area contributed by atoms with Gasteiger partial charge in [0.25, 0.3) is 11.8 Å². The van der Waals surface area contributed by atoms with Crippen molar-refractivity contribution >= 4 is 58.2 Å². The minimum atomic E-state index is -0.886. The van der Waals surface area contributed by atoms with Crippen molar-refractivity contribution in [3.8, 4) is 11.5 Å². The number of nitrogens with zero attached hydrogens (tertiary/aromatic N) is 1. The van der Waals surface area contributed by atoms with Crippen LogP contribution in [0.4, 0.5) is 10.5 Å². The third kappa shape index (κ3) is 5.16. The van der Waals surface area contributed by atoms with E-state index in [0.29, 0.717) is 23.7 Å². The molecule has 0 aliphatic carbocycles. The Morgan fingerprint density at radius 3 is 2.42 bits per heavy atom. The first-order valence-electron chi connectivity index (χ1n) is 9.90. The Kier molecular flexibility index (Phi) is 7.69. The predicted molar refractivity (Wildman–Crippen MR) is 128 cm³/mol. The molecule has 0 unspecified atom stereocenters. The second-order valence-corrected chi connectivity index (χ2v) is 8.04. The van der Waals surface area contributed by atoms with Crippen molar-refractivity contribution in [1.82, 2.24) is 5.32 Å². The van der Waals surface area contributed by atoms with Crippen LogP contribution < -0.4 is 19.7 Å². The average molecular weight is 564 g/mol. The Morgan fingerprint density at radius 2 is 1.82 bits per heavy atom. The van der Waals surface area contributed by atoms with Crippen LogP contribution in [0.1, 0.15) is 29.3 Å². The van der Waals surface area contributed by atoms with Crippen molar-refractivity contribution in [2.45, 2.75) is 13.3 Å². The first-order valence-corrected chi connectivity index (χ1v) is 11.0. The first kappa shape index (κ1) is 24.2. The number of ether oxygens (including phenoxy) is 3. The number of methoxy groups -OCH3 is 2. The van der Waals surface area contributed by atoms with Crippen LogP contribution in [0, 0.1) is 3.57 Å². The first-order chi connectivity index (χ1) is 15.8. The molecule has 2 aromatic carbocycles. The van der Waals surface area contributed by atoms with Gasteiger partial charge in [-0.2, -0.15) is 0 Å². The van der Waals surface area contributed by atoms with Crippen molar-refractivity contribution < 1.29 is 33.4 Å². The average Bonchev–Trinajstić information content (AvgIpc) is 2.80. The van der Waals surface area contributed by atoms with Gasteiger partial charge in [-0.05, 0) is 77.0 Å². The second-order valence-electron chi connectivity index (χ2n) is 6.88. The van der Waals surface area contributed by atoms with E-state index in [-0.39, 0.29) is 16.8 Å². The lowest BCUT2D eigenvalue weighted by atomic mass is 10.1. The topological polar surface area (TPSA) is 111 Å². The number of anilines is 1. The summed E-state index contributed by atoms with van der Waals surface area (Å²) in [6.45, 7) is 2.50. The van der Waals surface area contributed by atoms with Gasteiger partial charge in [0.1, 0.15) is 5.57 Å².